The van der Waals surface area contributed by atoms with E-state index in [0.717, 1.165) is 31.6 Å². The number of ether oxygens (including phenoxy) is 1. The van der Waals surface area contributed by atoms with Gasteiger partial charge in [-0.05, 0) is 31.0 Å². The molecule has 0 aliphatic carbocycles. The third kappa shape index (κ3) is 5.84. The van der Waals surface area contributed by atoms with Crippen molar-refractivity contribution in [1.82, 2.24) is 9.21 Å². The first-order valence-corrected chi connectivity index (χ1v) is 10.5. The highest BCUT2D eigenvalue weighted by Gasteiger charge is 2.28. The molecule has 1 atom stereocenters. The predicted octanol–water partition coefficient (Wildman–Crippen LogP) is 2.20. The van der Waals surface area contributed by atoms with Crippen molar-refractivity contribution in [2.45, 2.75) is 26.8 Å². The van der Waals surface area contributed by atoms with Gasteiger partial charge in [0, 0.05) is 26.2 Å². The van der Waals surface area contributed by atoms with Crippen molar-refractivity contribution < 1.29 is 13.2 Å². The van der Waals surface area contributed by atoms with Crippen molar-refractivity contribution in [3.05, 3.63) is 35.9 Å². The number of likely N-dealkylation sites (N-methyl/N-ethyl adjacent to an activating group) is 1. The zero-order valence-electron chi connectivity index (χ0n) is 14.9. The molecule has 1 aliphatic rings. The van der Waals surface area contributed by atoms with Crippen LogP contribution in [0.3, 0.4) is 0 Å². The van der Waals surface area contributed by atoms with Crippen molar-refractivity contribution in [2.75, 3.05) is 45.1 Å². The highest BCUT2D eigenvalue weighted by molar-refractivity contribution is 7.89. The van der Waals surface area contributed by atoms with Gasteiger partial charge in [0.2, 0.25) is 10.0 Å². The van der Waals surface area contributed by atoms with Crippen LogP contribution in [0.2, 0.25) is 0 Å². The van der Waals surface area contributed by atoms with Crippen molar-refractivity contribution >= 4 is 10.0 Å². The lowest BCUT2D eigenvalue weighted by Gasteiger charge is -2.27. The normalized spacial score (nSPS) is 18.6. The lowest BCUT2D eigenvalue weighted by molar-refractivity contribution is 0.188. The van der Waals surface area contributed by atoms with Gasteiger partial charge in [0.05, 0.1) is 12.4 Å². The Hall–Kier alpha value is -0.950. The second-order valence-electron chi connectivity index (χ2n) is 6.35. The van der Waals surface area contributed by atoms with E-state index in [1.807, 2.05) is 30.3 Å². The third-order valence-corrected chi connectivity index (χ3v) is 6.62. The van der Waals surface area contributed by atoms with E-state index in [1.165, 1.54) is 0 Å². The molecule has 0 amide bonds. The van der Waals surface area contributed by atoms with Crippen LogP contribution in [0.5, 0.6) is 0 Å². The van der Waals surface area contributed by atoms with E-state index < -0.39 is 10.0 Å². The summed E-state index contributed by atoms with van der Waals surface area (Å²) in [5.74, 6) is 0.319. The van der Waals surface area contributed by atoms with Gasteiger partial charge >= 0.3 is 0 Å². The van der Waals surface area contributed by atoms with Crippen LogP contribution in [-0.4, -0.2) is 62.8 Å². The van der Waals surface area contributed by atoms with E-state index in [0.29, 0.717) is 26.3 Å². The monoisotopic (exact) mass is 354 g/mol. The number of sulfonamides is 1. The number of hydrogen-bond donors (Lipinski definition) is 0. The van der Waals surface area contributed by atoms with Crippen LogP contribution < -0.4 is 0 Å². The fourth-order valence-electron chi connectivity index (χ4n) is 3.01. The average Bonchev–Trinajstić information content (AvgIpc) is 3.07. The van der Waals surface area contributed by atoms with E-state index in [2.05, 4.69) is 18.7 Å². The molecule has 0 N–H and O–H groups in total. The molecule has 24 heavy (non-hydrogen) atoms. The second-order valence-corrected chi connectivity index (χ2v) is 8.37. The summed E-state index contributed by atoms with van der Waals surface area (Å²) >= 11 is 0. The van der Waals surface area contributed by atoms with Crippen LogP contribution in [-0.2, 0) is 21.3 Å². The molecule has 1 aliphatic heterocycles. The fraction of sp³-hybridized carbons (Fsp3) is 0.667. The zero-order valence-corrected chi connectivity index (χ0v) is 15.7. The SMILES string of the molecule is CCN(CC)CCN(Cc1ccccc1)S(=O)(=O)CC1CCOC1. The van der Waals surface area contributed by atoms with Gasteiger partial charge in [0.25, 0.3) is 0 Å². The lowest BCUT2D eigenvalue weighted by atomic mass is 10.2. The molecule has 0 bridgehead atoms. The first-order chi connectivity index (χ1) is 11.5. The number of hydrogen-bond acceptors (Lipinski definition) is 4. The van der Waals surface area contributed by atoms with Gasteiger partial charge in [-0.3, -0.25) is 0 Å². The summed E-state index contributed by atoms with van der Waals surface area (Å²) < 4.78 is 32.9. The first-order valence-electron chi connectivity index (χ1n) is 8.87. The number of rotatable bonds is 10. The molecule has 5 nitrogen and oxygen atoms in total. The molecule has 136 valence electrons. The molecule has 6 heteroatoms. The Labute approximate surface area is 146 Å². The fourth-order valence-corrected chi connectivity index (χ4v) is 4.79. The van der Waals surface area contributed by atoms with Gasteiger partial charge in [-0.1, -0.05) is 44.2 Å². The first kappa shape index (κ1) is 19.4. The lowest BCUT2D eigenvalue weighted by Crippen LogP contribution is -2.40. The smallest absolute Gasteiger partial charge is 0.214 e. The molecule has 2 rings (SSSR count). The van der Waals surface area contributed by atoms with Crippen LogP contribution in [0.15, 0.2) is 30.3 Å². The molecule has 0 saturated carbocycles. The minimum absolute atomic E-state index is 0.127. The van der Waals surface area contributed by atoms with Gasteiger partial charge in [0.15, 0.2) is 0 Å². The largest absolute Gasteiger partial charge is 0.381 e. The van der Waals surface area contributed by atoms with Gasteiger partial charge < -0.3 is 9.64 Å². The van der Waals surface area contributed by atoms with Crippen molar-refractivity contribution in [2.24, 2.45) is 5.92 Å². The highest BCUT2D eigenvalue weighted by atomic mass is 32.2. The minimum Gasteiger partial charge on any atom is -0.381 e. The van der Waals surface area contributed by atoms with Gasteiger partial charge in [-0.15, -0.1) is 0 Å². The maximum Gasteiger partial charge on any atom is 0.214 e. The summed E-state index contributed by atoms with van der Waals surface area (Å²) in [7, 11) is -3.29. The highest BCUT2D eigenvalue weighted by Crippen LogP contribution is 2.18. The second kappa shape index (κ2) is 9.51. The molecule has 1 aromatic rings. The maximum atomic E-state index is 12.9. The van der Waals surface area contributed by atoms with Crippen LogP contribution in [0, 0.1) is 5.92 Å². The van der Waals surface area contributed by atoms with E-state index >= 15 is 0 Å². The summed E-state index contributed by atoms with van der Waals surface area (Å²) in [5.41, 5.74) is 1.03. The van der Waals surface area contributed by atoms with Crippen LogP contribution in [0.25, 0.3) is 0 Å². The topological polar surface area (TPSA) is 49.9 Å². The minimum atomic E-state index is -3.29. The molecule has 1 fully saturated rings. The Kier molecular flexibility index (Phi) is 7.68. The molecule has 1 saturated heterocycles. The van der Waals surface area contributed by atoms with Gasteiger partial charge in [-0.2, -0.15) is 4.31 Å². The molecular formula is C18H30N2O3S. The summed E-state index contributed by atoms with van der Waals surface area (Å²) in [6.45, 7) is 9.07. The summed E-state index contributed by atoms with van der Waals surface area (Å²) in [6.07, 6.45) is 0.842. The third-order valence-electron chi connectivity index (χ3n) is 4.63. The zero-order chi connectivity index (χ0) is 17.4. The Balaban J connectivity index is 2.07. The van der Waals surface area contributed by atoms with Crippen LogP contribution in [0.4, 0.5) is 0 Å². The summed E-state index contributed by atoms with van der Waals surface area (Å²) in [6, 6.07) is 9.83. The van der Waals surface area contributed by atoms with E-state index in [4.69, 9.17) is 4.74 Å². The van der Waals surface area contributed by atoms with Gasteiger partial charge in [0.1, 0.15) is 0 Å². The Morgan fingerprint density at radius 3 is 2.42 bits per heavy atom. The van der Waals surface area contributed by atoms with E-state index in [9.17, 15) is 8.42 Å². The molecule has 0 aromatic heterocycles. The molecule has 0 spiro atoms. The molecule has 1 heterocycles. The maximum absolute atomic E-state index is 12.9. The molecule has 1 aromatic carbocycles. The summed E-state index contributed by atoms with van der Waals surface area (Å²) in [5, 5.41) is 0. The predicted molar refractivity (Wildman–Crippen MR) is 97.4 cm³/mol. The number of nitrogens with zero attached hydrogens (tertiary/aromatic N) is 2. The Morgan fingerprint density at radius 2 is 1.83 bits per heavy atom. The average molecular weight is 355 g/mol. The number of benzene rings is 1. The summed E-state index contributed by atoms with van der Waals surface area (Å²) in [4.78, 5) is 2.26. The van der Waals surface area contributed by atoms with Crippen molar-refractivity contribution in [1.29, 1.82) is 0 Å². The van der Waals surface area contributed by atoms with Gasteiger partial charge in [-0.25, -0.2) is 8.42 Å². The van der Waals surface area contributed by atoms with Crippen LogP contribution in [0.1, 0.15) is 25.8 Å². The standard InChI is InChI=1S/C18H30N2O3S/c1-3-19(4-2)11-12-20(14-17-8-6-5-7-9-17)24(21,22)16-18-10-13-23-15-18/h5-9,18H,3-4,10-16H2,1-2H3. The Morgan fingerprint density at radius 1 is 1.12 bits per heavy atom. The van der Waals surface area contributed by atoms with Crippen LogP contribution >= 0.6 is 0 Å². The van der Waals surface area contributed by atoms with E-state index in [1.54, 1.807) is 4.31 Å². The molecule has 0 radical (unpaired) electrons. The Bertz CT molecular complexity index is 567. The quantitative estimate of drug-likeness (QED) is 0.646. The van der Waals surface area contributed by atoms with E-state index in [-0.39, 0.29) is 11.7 Å². The molecule has 1 unspecified atom stereocenters. The van der Waals surface area contributed by atoms with Crippen molar-refractivity contribution in [3.63, 3.8) is 0 Å². The molecular weight excluding hydrogens is 324 g/mol. The van der Waals surface area contributed by atoms with Crippen molar-refractivity contribution in [3.8, 4) is 0 Å².